The second-order valence-corrected chi connectivity index (χ2v) is 3.55. The van der Waals surface area contributed by atoms with Crippen LogP contribution in [0.2, 0.25) is 0 Å². The van der Waals surface area contributed by atoms with Gasteiger partial charge in [0.2, 0.25) is 0 Å². The van der Waals surface area contributed by atoms with Gasteiger partial charge in [0.25, 0.3) is 0 Å². The molecular formula is C12H14N2O2. The Labute approximate surface area is 94.6 Å². The first-order valence-corrected chi connectivity index (χ1v) is 4.97. The molecule has 0 heterocycles. The van der Waals surface area contributed by atoms with Crippen LogP contribution in [-0.4, -0.2) is 19.1 Å². The molecule has 0 spiro atoms. The van der Waals surface area contributed by atoms with Gasteiger partial charge >= 0.3 is 5.97 Å². The van der Waals surface area contributed by atoms with Crippen molar-refractivity contribution in [3.63, 3.8) is 0 Å². The van der Waals surface area contributed by atoms with Gasteiger partial charge in [-0.3, -0.25) is 4.79 Å². The van der Waals surface area contributed by atoms with Gasteiger partial charge in [-0.05, 0) is 24.1 Å². The van der Waals surface area contributed by atoms with E-state index in [1.165, 1.54) is 7.11 Å². The number of esters is 1. The number of rotatable bonds is 4. The zero-order valence-corrected chi connectivity index (χ0v) is 9.14. The Hall–Kier alpha value is -1.86. The van der Waals surface area contributed by atoms with Crippen LogP contribution in [0.25, 0.3) is 0 Å². The number of carbonyl (C=O) groups excluding carboxylic acids is 1. The van der Waals surface area contributed by atoms with Gasteiger partial charge < -0.3 is 10.5 Å². The van der Waals surface area contributed by atoms with Crippen LogP contribution >= 0.6 is 0 Å². The first kappa shape index (κ1) is 12.2. The predicted molar refractivity (Wildman–Crippen MR) is 59.5 cm³/mol. The first-order chi connectivity index (χ1) is 7.65. The van der Waals surface area contributed by atoms with Gasteiger partial charge in [0.15, 0.2) is 0 Å². The number of ether oxygens (including phenoxy) is 1. The molecule has 0 bridgehead atoms. The highest BCUT2D eigenvalue weighted by molar-refractivity contribution is 5.69. The largest absolute Gasteiger partial charge is 0.469 e. The third kappa shape index (κ3) is 3.71. The van der Waals surface area contributed by atoms with Crippen LogP contribution in [0.5, 0.6) is 0 Å². The van der Waals surface area contributed by atoms with Gasteiger partial charge in [-0.15, -0.1) is 0 Å². The van der Waals surface area contributed by atoms with E-state index >= 15 is 0 Å². The molecule has 16 heavy (non-hydrogen) atoms. The van der Waals surface area contributed by atoms with E-state index in [2.05, 4.69) is 4.74 Å². The molecule has 84 valence electrons. The zero-order chi connectivity index (χ0) is 12.0. The average Bonchev–Trinajstić information content (AvgIpc) is 2.29. The summed E-state index contributed by atoms with van der Waals surface area (Å²) in [5.41, 5.74) is 7.41. The summed E-state index contributed by atoms with van der Waals surface area (Å²) >= 11 is 0. The average molecular weight is 218 g/mol. The zero-order valence-electron chi connectivity index (χ0n) is 9.14. The molecule has 0 radical (unpaired) electrons. The van der Waals surface area contributed by atoms with Crippen LogP contribution in [0.3, 0.4) is 0 Å². The Bertz CT molecular complexity index is 392. The van der Waals surface area contributed by atoms with E-state index in [1.807, 2.05) is 18.2 Å². The fourth-order valence-corrected chi connectivity index (χ4v) is 1.39. The summed E-state index contributed by atoms with van der Waals surface area (Å²) < 4.78 is 4.53. The SMILES string of the molecule is COC(=O)C[C@@H](N)Cc1ccc(C#N)cc1. The highest BCUT2D eigenvalue weighted by Gasteiger charge is 2.10. The molecule has 1 aromatic carbocycles. The fraction of sp³-hybridized carbons (Fsp3) is 0.333. The fourth-order valence-electron chi connectivity index (χ4n) is 1.39. The number of nitrogens with zero attached hydrogens (tertiary/aromatic N) is 1. The monoisotopic (exact) mass is 218 g/mol. The van der Waals surface area contributed by atoms with E-state index in [0.29, 0.717) is 12.0 Å². The number of carbonyl (C=O) groups is 1. The molecule has 0 saturated heterocycles. The number of benzene rings is 1. The smallest absolute Gasteiger partial charge is 0.307 e. The Kier molecular flexibility index (Phi) is 4.49. The third-order valence-corrected chi connectivity index (χ3v) is 2.24. The highest BCUT2D eigenvalue weighted by atomic mass is 16.5. The van der Waals surface area contributed by atoms with E-state index in [1.54, 1.807) is 12.1 Å². The Morgan fingerprint density at radius 3 is 2.62 bits per heavy atom. The van der Waals surface area contributed by atoms with Crippen molar-refractivity contribution >= 4 is 5.97 Å². The number of nitrogens with two attached hydrogens (primary N) is 1. The Morgan fingerprint density at radius 1 is 1.50 bits per heavy atom. The summed E-state index contributed by atoms with van der Waals surface area (Å²) in [6.45, 7) is 0. The van der Waals surface area contributed by atoms with Crippen LogP contribution in [0, 0.1) is 11.3 Å². The molecule has 4 heteroatoms. The van der Waals surface area contributed by atoms with Crippen LogP contribution in [0.1, 0.15) is 17.5 Å². The van der Waals surface area contributed by atoms with Gasteiger partial charge in [0, 0.05) is 6.04 Å². The molecule has 0 saturated carbocycles. The summed E-state index contributed by atoms with van der Waals surface area (Å²) in [7, 11) is 1.34. The molecule has 0 fully saturated rings. The van der Waals surface area contributed by atoms with Gasteiger partial charge in [-0.25, -0.2) is 0 Å². The molecule has 1 atom stereocenters. The number of nitriles is 1. The van der Waals surface area contributed by atoms with Gasteiger partial charge in [0.05, 0.1) is 25.2 Å². The minimum Gasteiger partial charge on any atom is -0.469 e. The second kappa shape index (κ2) is 5.89. The van der Waals surface area contributed by atoms with E-state index < -0.39 is 0 Å². The highest BCUT2D eigenvalue weighted by Crippen LogP contribution is 2.07. The van der Waals surface area contributed by atoms with Crippen molar-refractivity contribution < 1.29 is 9.53 Å². The van der Waals surface area contributed by atoms with Gasteiger partial charge in [0.1, 0.15) is 0 Å². The molecule has 0 aliphatic rings. The summed E-state index contributed by atoms with van der Waals surface area (Å²) in [5, 5.41) is 8.63. The first-order valence-electron chi connectivity index (χ1n) is 4.97. The molecule has 0 amide bonds. The molecule has 0 aliphatic carbocycles. The molecule has 2 N–H and O–H groups in total. The molecular weight excluding hydrogens is 204 g/mol. The number of hydrogen-bond donors (Lipinski definition) is 1. The molecule has 4 nitrogen and oxygen atoms in total. The normalized spacial score (nSPS) is 11.6. The minimum atomic E-state index is -0.304. The molecule has 0 aromatic heterocycles. The van der Waals surface area contributed by atoms with Crippen molar-refractivity contribution in [2.24, 2.45) is 5.73 Å². The molecule has 1 aromatic rings. The van der Waals surface area contributed by atoms with Gasteiger partial charge in [-0.1, -0.05) is 12.1 Å². The Morgan fingerprint density at radius 2 is 2.12 bits per heavy atom. The number of hydrogen-bond acceptors (Lipinski definition) is 4. The maximum atomic E-state index is 11.0. The van der Waals surface area contributed by atoms with Crippen molar-refractivity contribution in [2.75, 3.05) is 7.11 Å². The lowest BCUT2D eigenvalue weighted by atomic mass is 10.0. The van der Waals surface area contributed by atoms with Crippen molar-refractivity contribution in [3.8, 4) is 6.07 Å². The van der Waals surface area contributed by atoms with Crippen LogP contribution in [0.4, 0.5) is 0 Å². The maximum absolute atomic E-state index is 11.0. The van der Waals surface area contributed by atoms with Crippen LogP contribution < -0.4 is 5.73 Å². The van der Waals surface area contributed by atoms with E-state index in [9.17, 15) is 4.79 Å². The standard InChI is InChI=1S/C12H14N2O2/c1-16-12(15)7-11(14)6-9-2-4-10(8-13)5-3-9/h2-5,11H,6-7,14H2,1H3/t11-/m0/s1. The summed E-state index contributed by atoms with van der Waals surface area (Å²) in [6, 6.07) is 8.95. The van der Waals surface area contributed by atoms with Crippen molar-refractivity contribution in [1.82, 2.24) is 0 Å². The Balaban J connectivity index is 2.53. The van der Waals surface area contributed by atoms with Gasteiger partial charge in [-0.2, -0.15) is 5.26 Å². The van der Waals surface area contributed by atoms with Crippen molar-refractivity contribution in [2.45, 2.75) is 18.9 Å². The predicted octanol–water partition coefficient (Wildman–Crippen LogP) is 0.991. The topological polar surface area (TPSA) is 76.1 Å². The van der Waals surface area contributed by atoms with E-state index in [4.69, 9.17) is 11.0 Å². The molecule has 1 rings (SSSR count). The number of methoxy groups -OCH3 is 1. The maximum Gasteiger partial charge on any atom is 0.307 e. The summed E-state index contributed by atoms with van der Waals surface area (Å²) in [4.78, 5) is 11.0. The van der Waals surface area contributed by atoms with E-state index in [0.717, 1.165) is 5.56 Å². The van der Waals surface area contributed by atoms with E-state index in [-0.39, 0.29) is 18.4 Å². The second-order valence-electron chi connectivity index (χ2n) is 3.55. The summed E-state index contributed by atoms with van der Waals surface area (Å²) in [6.07, 6.45) is 0.803. The van der Waals surface area contributed by atoms with Crippen LogP contribution in [-0.2, 0) is 16.0 Å². The van der Waals surface area contributed by atoms with Crippen molar-refractivity contribution in [1.29, 1.82) is 5.26 Å². The quantitative estimate of drug-likeness (QED) is 0.764. The van der Waals surface area contributed by atoms with Crippen molar-refractivity contribution in [3.05, 3.63) is 35.4 Å². The minimum absolute atomic E-state index is 0.205. The lowest BCUT2D eigenvalue weighted by Crippen LogP contribution is -2.26. The summed E-state index contributed by atoms with van der Waals surface area (Å²) in [5.74, 6) is -0.304. The van der Waals surface area contributed by atoms with Crippen LogP contribution in [0.15, 0.2) is 24.3 Å². The molecule has 0 aliphatic heterocycles. The molecule has 0 unspecified atom stereocenters. The lowest BCUT2D eigenvalue weighted by molar-refractivity contribution is -0.140. The third-order valence-electron chi connectivity index (χ3n) is 2.24. The lowest BCUT2D eigenvalue weighted by Gasteiger charge is -2.09.